The highest BCUT2D eigenvalue weighted by molar-refractivity contribution is 6.30. The number of amides is 2. The molecule has 0 bridgehead atoms. The Labute approximate surface area is 210 Å². The summed E-state index contributed by atoms with van der Waals surface area (Å²) >= 11 is 5.97. The molecule has 2 amide bonds. The average molecular weight is 493 g/mol. The van der Waals surface area contributed by atoms with Crippen LogP contribution in [0.15, 0.2) is 72.9 Å². The lowest BCUT2D eigenvalue weighted by Crippen LogP contribution is -2.42. The molecule has 2 atom stereocenters. The lowest BCUT2D eigenvalue weighted by atomic mass is 10.1. The summed E-state index contributed by atoms with van der Waals surface area (Å²) in [6.45, 7) is 1.17. The number of halogens is 1. The molecule has 0 radical (unpaired) electrons. The molecule has 2 heterocycles. The smallest absolute Gasteiger partial charge is 0.247 e. The molecule has 182 valence electrons. The van der Waals surface area contributed by atoms with Gasteiger partial charge in [0.15, 0.2) is 0 Å². The Balaban J connectivity index is 1.36. The second-order valence-corrected chi connectivity index (χ2v) is 9.03. The SMILES string of the molecule is CN1C[C@@H](Oc2ccc(NC(=O)[C@@H](NCCc3ccc(Cl)cc3)c3ccccc3)nc2)CCC1=O. The molecule has 2 aromatic carbocycles. The molecule has 0 saturated carbocycles. The summed E-state index contributed by atoms with van der Waals surface area (Å²) in [5.74, 6) is 0.992. The van der Waals surface area contributed by atoms with Crippen LogP contribution < -0.4 is 15.4 Å². The van der Waals surface area contributed by atoms with Gasteiger partial charge in [-0.15, -0.1) is 0 Å². The number of ether oxygens (including phenoxy) is 1. The fourth-order valence-corrected chi connectivity index (χ4v) is 4.13. The molecule has 3 aromatic rings. The third-order valence-electron chi connectivity index (χ3n) is 5.94. The quantitative estimate of drug-likeness (QED) is 0.466. The number of benzene rings is 2. The minimum Gasteiger partial charge on any atom is -0.487 e. The topological polar surface area (TPSA) is 83.6 Å². The maximum absolute atomic E-state index is 13.2. The summed E-state index contributed by atoms with van der Waals surface area (Å²) in [4.78, 5) is 30.9. The predicted octanol–water partition coefficient (Wildman–Crippen LogP) is 4.25. The molecule has 0 unspecified atom stereocenters. The molecule has 2 N–H and O–H groups in total. The van der Waals surface area contributed by atoms with Gasteiger partial charge in [-0.05, 0) is 48.2 Å². The Hall–Kier alpha value is -3.42. The fraction of sp³-hybridized carbons (Fsp3) is 0.296. The third-order valence-corrected chi connectivity index (χ3v) is 6.20. The van der Waals surface area contributed by atoms with Gasteiger partial charge in [0.05, 0.1) is 12.7 Å². The lowest BCUT2D eigenvalue weighted by molar-refractivity contribution is -0.134. The number of nitrogens with one attached hydrogen (secondary N) is 2. The van der Waals surface area contributed by atoms with Crippen molar-refractivity contribution in [3.63, 3.8) is 0 Å². The van der Waals surface area contributed by atoms with Crippen LogP contribution >= 0.6 is 11.6 Å². The maximum Gasteiger partial charge on any atom is 0.247 e. The van der Waals surface area contributed by atoms with Gasteiger partial charge in [-0.3, -0.25) is 9.59 Å². The van der Waals surface area contributed by atoms with Crippen LogP contribution in [0.1, 0.15) is 30.0 Å². The summed E-state index contributed by atoms with van der Waals surface area (Å²) in [6, 6.07) is 20.3. The fourth-order valence-electron chi connectivity index (χ4n) is 4.00. The zero-order valence-electron chi connectivity index (χ0n) is 19.6. The first-order valence-corrected chi connectivity index (χ1v) is 12.1. The highest BCUT2D eigenvalue weighted by atomic mass is 35.5. The molecule has 1 aromatic heterocycles. The zero-order valence-corrected chi connectivity index (χ0v) is 20.4. The van der Waals surface area contributed by atoms with E-state index in [4.69, 9.17) is 16.3 Å². The number of likely N-dealkylation sites (tertiary alicyclic amines) is 1. The summed E-state index contributed by atoms with van der Waals surface area (Å²) in [5, 5.41) is 6.97. The van der Waals surface area contributed by atoms with Gasteiger partial charge < -0.3 is 20.3 Å². The van der Waals surface area contributed by atoms with Crippen LogP contribution in [0.4, 0.5) is 5.82 Å². The first kappa shape index (κ1) is 24.7. The number of nitrogens with zero attached hydrogens (tertiary/aromatic N) is 2. The first-order valence-electron chi connectivity index (χ1n) is 11.7. The van der Waals surface area contributed by atoms with Crippen LogP contribution in [-0.4, -0.2) is 47.9 Å². The summed E-state index contributed by atoms with van der Waals surface area (Å²) < 4.78 is 5.96. The molecule has 7 nitrogen and oxygen atoms in total. The lowest BCUT2D eigenvalue weighted by Gasteiger charge is -2.29. The molecule has 4 rings (SSSR count). The Morgan fingerprint density at radius 2 is 1.91 bits per heavy atom. The number of likely N-dealkylation sites (N-methyl/N-ethyl adjacent to an activating group) is 1. The molecular weight excluding hydrogens is 464 g/mol. The largest absolute Gasteiger partial charge is 0.487 e. The number of aromatic nitrogens is 1. The van der Waals surface area contributed by atoms with E-state index in [0.29, 0.717) is 42.5 Å². The number of hydrogen-bond donors (Lipinski definition) is 2. The highest BCUT2D eigenvalue weighted by Crippen LogP contribution is 2.20. The predicted molar refractivity (Wildman–Crippen MR) is 136 cm³/mol. The van der Waals surface area contributed by atoms with E-state index in [-0.39, 0.29) is 17.9 Å². The van der Waals surface area contributed by atoms with Gasteiger partial charge >= 0.3 is 0 Å². The molecule has 1 aliphatic rings. The number of hydrogen-bond acceptors (Lipinski definition) is 5. The van der Waals surface area contributed by atoms with Gasteiger partial charge in [-0.25, -0.2) is 4.98 Å². The van der Waals surface area contributed by atoms with Gasteiger partial charge in [-0.1, -0.05) is 54.1 Å². The van der Waals surface area contributed by atoms with E-state index in [9.17, 15) is 9.59 Å². The zero-order chi connectivity index (χ0) is 24.6. The highest BCUT2D eigenvalue weighted by Gasteiger charge is 2.24. The Bertz CT molecular complexity index is 1120. The van der Waals surface area contributed by atoms with Crippen molar-refractivity contribution in [2.24, 2.45) is 0 Å². The van der Waals surface area contributed by atoms with Crippen LogP contribution in [0.2, 0.25) is 5.02 Å². The molecule has 1 aliphatic heterocycles. The number of carbonyl (C=O) groups is 2. The first-order chi connectivity index (χ1) is 17.0. The second kappa shape index (κ2) is 11.8. The van der Waals surface area contributed by atoms with Crippen LogP contribution in [0, 0.1) is 0 Å². The Morgan fingerprint density at radius 1 is 1.14 bits per heavy atom. The molecule has 0 aliphatic carbocycles. The summed E-state index contributed by atoms with van der Waals surface area (Å²) in [5.41, 5.74) is 2.01. The number of carbonyl (C=O) groups excluding carboxylic acids is 2. The van der Waals surface area contributed by atoms with Crippen LogP contribution in [0.5, 0.6) is 5.75 Å². The van der Waals surface area contributed by atoms with Crippen molar-refractivity contribution < 1.29 is 14.3 Å². The van der Waals surface area contributed by atoms with E-state index in [2.05, 4.69) is 15.6 Å². The van der Waals surface area contributed by atoms with E-state index in [1.807, 2.05) is 54.6 Å². The minimum atomic E-state index is -0.531. The van der Waals surface area contributed by atoms with Crippen molar-refractivity contribution >= 4 is 29.2 Å². The van der Waals surface area contributed by atoms with Crippen molar-refractivity contribution in [3.05, 3.63) is 89.1 Å². The molecule has 8 heteroatoms. The van der Waals surface area contributed by atoms with E-state index in [0.717, 1.165) is 17.5 Å². The van der Waals surface area contributed by atoms with E-state index < -0.39 is 6.04 Å². The average Bonchev–Trinajstić information content (AvgIpc) is 2.87. The molecule has 35 heavy (non-hydrogen) atoms. The minimum absolute atomic E-state index is 0.0627. The number of anilines is 1. The van der Waals surface area contributed by atoms with Gasteiger partial charge in [0, 0.05) is 25.0 Å². The number of rotatable bonds is 9. The molecule has 0 spiro atoms. The Morgan fingerprint density at radius 3 is 2.60 bits per heavy atom. The van der Waals surface area contributed by atoms with Crippen LogP contribution in [0.3, 0.4) is 0 Å². The van der Waals surface area contributed by atoms with Crippen LogP contribution in [0.25, 0.3) is 0 Å². The van der Waals surface area contributed by atoms with Gasteiger partial charge in [0.2, 0.25) is 11.8 Å². The van der Waals surface area contributed by atoms with E-state index in [1.54, 1.807) is 30.3 Å². The Kier molecular flexibility index (Phi) is 8.34. The van der Waals surface area contributed by atoms with Crippen molar-refractivity contribution in [2.45, 2.75) is 31.4 Å². The third kappa shape index (κ3) is 7.04. The summed E-state index contributed by atoms with van der Waals surface area (Å²) in [7, 11) is 1.78. The summed E-state index contributed by atoms with van der Waals surface area (Å²) in [6.07, 6.45) is 3.46. The van der Waals surface area contributed by atoms with Crippen LogP contribution in [-0.2, 0) is 16.0 Å². The second-order valence-electron chi connectivity index (χ2n) is 8.60. The molecule has 1 saturated heterocycles. The maximum atomic E-state index is 13.2. The van der Waals surface area contributed by atoms with Gasteiger partial charge in [0.25, 0.3) is 0 Å². The van der Waals surface area contributed by atoms with Crippen molar-refractivity contribution in [1.29, 1.82) is 0 Å². The van der Waals surface area contributed by atoms with Crippen molar-refractivity contribution in [1.82, 2.24) is 15.2 Å². The number of pyridine rings is 1. The van der Waals surface area contributed by atoms with Crippen molar-refractivity contribution in [2.75, 3.05) is 25.5 Å². The van der Waals surface area contributed by atoms with Gasteiger partial charge in [-0.2, -0.15) is 0 Å². The van der Waals surface area contributed by atoms with E-state index in [1.165, 1.54) is 0 Å². The molecule has 1 fully saturated rings. The van der Waals surface area contributed by atoms with Crippen molar-refractivity contribution in [3.8, 4) is 5.75 Å². The number of piperidine rings is 1. The van der Waals surface area contributed by atoms with E-state index >= 15 is 0 Å². The monoisotopic (exact) mass is 492 g/mol. The molecular formula is C27H29ClN4O3. The standard InChI is InChI=1S/C27H29ClN4O3/c1-32-18-23(12-14-25(32)33)35-22-11-13-24(30-17-22)31-27(34)26(20-5-3-2-4-6-20)29-16-15-19-7-9-21(28)10-8-19/h2-11,13,17,23,26,29H,12,14-16,18H2,1H3,(H,30,31,34)/t23-,26-/m0/s1. The van der Waals surface area contributed by atoms with Gasteiger partial charge in [0.1, 0.15) is 23.7 Å². The normalized spacial score (nSPS) is 16.6.